The van der Waals surface area contributed by atoms with Crippen molar-refractivity contribution in [2.24, 2.45) is 5.92 Å². The number of nitrogens with zero attached hydrogens (tertiary/aromatic N) is 1. The Hall–Kier alpha value is -1.14. The maximum absolute atomic E-state index is 12.0. The normalized spacial score (nSPS) is 29.9. The van der Waals surface area contributed by atoms with Crippen LogP contribution in [0.1, 0.15) is 32.6 Å². The lowest BCUT2D eigenvalue weighted by Crippen LogP contribution is -2.38. The van der Waals surface area contributed by atoms with Crippen molar-refractivity contribution in [1.29, 1.82) is 0 Å². The summed E-state index contributed by atoms with van der Waals surface area (Å²) in [4.78, 5) is 24.7. The molecule has 2 heterocycles. The number of carbonyl (C=O) groups is 2. The molecule has 0 bridgehead atoms. The van der Waals surface area contributed by atoms with Crippen LogP contribution in [-0.2, 0) is 19.1 Å². The second-order valence-electron chi connectivity index (χ2n) is 5.52. The fourth-order valence-electron chi connectivity index (χ4n) is 2.92. The van der Waals surface area contributed by atoms with E-state index in [0.29, 0.717) is 32.6 Å². The van der Waals surface area contributed by atoms with E-state index in [4.69, 9.17) is 14.6 Å². The quantitative estimate of drug-likeness (QED) is 0.734. The third kappa shape index (κ3) is 3.70. The number of carboxylic acid groups (broad SMARTS) is 1. The van der Waals surface area contributed by atoms with E-state index in [1.54, 1.807) is 11.8 Å². The molecule has 2 saturated heterocycles. The molecule has 2 rings (SSSR count). The Bertz CT molecular complexity index is 353. The van der Waals surface area contributed by atoms with Gasteiger partial charge in [0, 0.05) is 19.2 Å². The minimum absolute atomic E-state index is 0.0198. The van der Waals surface area contributed by atoms with Gasteiger partial charge in [-0.3, -0.25) is 9.59 Å². The maximum Gasteiger partial charge on any atom is 0.308 e. The number of carboxylic acids is 1. The van der Waals surface area contributed by atoms with Crippen molar-refractivity contribution >= 4 is 11.9 Å². The van der Waals surface area contributed by atoms with Gasteiger partial charge in [-0.15, -0.1) is 0 Å². The number of ether oxygens (including phenoxy) is 2. The van der Waals surface area contributed by atoms with Crippen LogP contribution < -0.4 is 0 Å². The van der Waals surface area contributed by atoms with Crippen LogP contribution in [0.2, 0.25) is 0 Å². The molecular formula is C14H23NO5. The summed E-state index contributed by atoms with van der Waals surface area (Å²) in [6, 6.07) is -0.224. The predicted molar refractivity (Wildman–Crippen MR) is 71.3 cm³/mol. The van der Waals surface area contributed by atoms with Gasteiger partial charge in [-0.2, -0.15) is 0 Å². The fourth-order valence-corrected chi connectivity index (χ4v) is 2.92. The molecule has 0 spiro atoms. The van der Waals surface area contributed by atoms with Crippen LogP contribution >= 0.6 is 0 Å². The summed E-state index contributed by atoms with van der Waals surface area (Å²) in [5.41, 5.74) is 0. The van der Waals surface area contributed by atoms with Crippen LogP contribution in [0.4, 0.5) is 0 Å². The molecule has 2 aliphatic heterocycles. The first kappa shape index (κ1) is 15.3. The van der Waals surface area contributed by atoms with Gasteiger partial charge >= 0.3 is 5.97 Å². The van der Waals surface area contributed by atoms with Crippen LogP contribution in [0.5, 0.6) is 0 Å². The van der Waals surface area contributed by atoms with Crippen LogP contribution in [0.15, 0.2) is 0 Å². The number of likely N-dealkylation sites (tertiary alicyclic amines) is 1. The number of hydrogen-bond acceptors (Lipinski definition) is 4. The second-order valence-corrected chi connectivity index (χ2v) is 5.52. The third-order valence-corrected chi connectivity index (χ3v) is 4.18. The highest BCUT2D eigenvalue weighted by Crippen LogP contribution is 2.24. The molecule has 0 aromatic rings. The fraction of sp³-hybridized carbons (Fsp3) is 0.857. The smallest absolute Gasteiger partial charge is 0.308 e. The van der Waals surface area contributed by atoms with E-state index < -0.39 is 11.9 Å². The van der Waals surface area contributed by atoms with Crippen molar-refractivity contribution < 1.29 is 24.2 Å². The van der Waals surface area contributed by atoms with Crippen LogP contribution in [0.3, 0.4) is 0 Å². The molecule has 1 amide bonds. The largest absolute Gasteiger partial charge is 0.481 e. The molecule has 20 heavy (non-hydrogen) atoms. The van der Waals surface area contributed by atoms with Crippen LogP contribution in [-0.4, -0.2) is 60.4 Å². The number of rotatable bonds is 6. The molecule has 1 N–H and O–H groups in total. The van der Waals surface area contributed by atoms with Crippen molar-refractivity contribution in [2.75, 3.05) is 26.4 Å². The summed E-state index contributed by atoms with van der Waals surface area (Å²) in [6.45, 7) is 4.05. The minimum Gasteiger partial charge on any atom is -0.481 e. The van der Waals surface area contributed by atoms with E-state index in [1.807, 2.05) is 0 Å². The van der Waals surface area contributed by atoms with E-state index in [0.717, 1.165) is 19.4 Å². The van der Waals surface area contributed by atoms with E-state index in [1.165, 1.54) is 0 Å². The molecule has 0 radical (unpaired) electrons. The van der Waals surface area contributed by atoms with Gasteiger partial charge in [-0.1, -0.05) is 0 Å². The van der Waals surface area contributed by atoms with Gasteiger partial charge in [0.05, 0.1) is 31.7 Å². The van der Waals surface area contributed by atoms with Gasteiger partial charge in [0.2, 0.25) is 5.91 Å². The highest BCUT2D eigenvalue weighted by molar-refractivity contribution is 5.79. The molecule has 0 aliphatic carbocycles. The average Bonchev–Trinajstić information content (AvgIpc) is 3.03. The lowest BCUT2D eigenvalue weighted by atomic mass is 10.0. The first-order valence-electron chi connectivity index (χ1n) is 7.31. The van der Waals surface area contributed by atoms with E-state index in [2.05, 4.69) is 0 Å². The van der Waals surface area contributed by atoms with Gasteiger partial charge < -0.3 is 19.5 Å². The minimum atomic E-state index is -0.817. The van der Waals surface area contributed by atoms with E-state index >= 15 is 0 Å². The SMILES string of the molecule is CC1C(C(=O)O)CCN1C(=O)CCOCC1CCCO1. The van der Waals surface area contributed by atoms with Crippen molar-refractivity contribution in [1.82, 2.24) is 4.90 Å². The van der Waals surface area contributed by atoms with Gasteiger partial charge in [0.25, 0.3) is 0 Å². The van der Waals surface area contributed by atoms with Crippen LogP contribution in [0.25, 0.3) is 0 Å². The highest BCUT2D eigenvalue weighted by atomic mass is 16.5. The molecule has 2 aliphatic rings. The van der Waals surface area contributed by atoms with Crippen molar-refractivity contribution in [2.45, 2.75) is 44.8 Å². The molecule has 2 fully saturated rings. The maximum atomic E-state index is 12.0. The number of carbonyl (C=O) groups excluding carboxylic acids is 1. The first-order chi connectivity index (χ1) is 9.59. The molecule has 6 nitrogen and oxygen atoms in total. The lowest BCUT2D eigenvalue weighted by molar-refractivity contribution is -0.143. The Kier molecular flexibility index (Phi) is 5.37. The molecule has 3 unspecified atom stereocenters. The standard InChI is InChI=1S/C14H23NO5/c1-10-12(14(17)18)4-6-15(10)13(16)5-8-19-9-11-3-2-7-20-11/h10-12H,2-9H2,1H3,(H,17,18). The van der Waals surface area contributed by atoms with E-state index in [-0.39, 0.29) is 18.1 Å². The predicted octanol–water partition coefficient (Wildman–Crippen LogP) is 0.894. The molecule has 0 aromatic carbocycles. The zero-order chi connectivity index (χ0) is 14.5. The topological polar surface area (TPSA) is 76.1 Å². The molecule has 0 aromatic heterocycles. The highest BCUT2D eigenvalue weighted by Gasteiger charge is 2.37. The first-order valence-corrected chi connectivity index (χ1v) is 7.31. The number of aliphatic carboxylic acids is 1. The Morgan fingerprint density at radius 2 is 2.20 bits per heavy atom. The summed E-state index contributed by atoms with van der Waals surface area (Å²) in [5, 5.41) is 9.04. The Balaban J connectivity index is 1.65. The summed E-state index contributed by atoms with van der Waals surface area (Å²) in [5.74, 6) is -1.28. The van der Waals surface area contributed by atoms with Crippen molar-refractivity contribution in [3.8, 4) is 0 Å². The zero-order valence-electron chi connectivity index (χ0n) is 11.9. The molecule has 6 heteroatoms. The Labute approximate surface area is 119 Å². The van der Waals surface area contributed by atoms with E-state index in [9.17, 15) is 9.59 Å². The number of hydrogen-bond donors (Lipinski definition) is 1. The zero-order valence-corrected chi connectivity index (χ0v) is 11.9. The van der Waals surface area contributed by atoms with Crippen molar-refractivity contribution in [3.63, 3.8) is 0 Å². The molecule has 114 valence electrons. The third-order valence-electron chi connectivity index (χ3n) is 4.18. The summed E-state index contributed by atoms with van der Waals surface area (Å²) < 4.78 is 10.9. The summed E-state index contributed by atoms with van der Waals surface area (Å²) in [6.07, 6.45) is 3.13. The lowest BCUT2D eigenvalue weighted by Gasteiger charge is -2.23. The summed E-state index contributed by atoms with van der Waals surface area (Å²) in [7, 11) is 0. The van der Waals surface area contributed by atoms with Gasteiger partial charge in [-0.25, -0.2) is 0 Å². The summed E-state index contributed by atoms with van der Waals surface area (Å²) >= 11 is 0. The van der Waals surface area contributed by atoms with Crippen molar-refractivity contribution in [3.05, 3.63) is 0 Å². The second kappa shape index (κ2) is 7.04. The molecule has 3 atom stereocenters. The number of amides is 1. The van der Waals surface area contributed by atoms with Crippen LogP contribution in [0, 0.1) is 5.92 Å². The Morgan fingerprint density at radius 1 is 1.40 bits per heavy atom. The van der Waals surface area contributed by atoms with Gasteiger partial charge in [-0.05, 0) is 26.2 Å². The molecular weight excluding hydrogens is 262 g/mol. The van der Waals surface area contributed by atoms with Gasteiger partial charge in [0.15, 0.2) is 0 Å². The molecule has 0 saturated carbocycles. The average molecular weight is 285 g/mol. The Morgan fingerprint density at radius 3 is 2.80 bits per heavy atom. The monoisotopic (exact) mass is 285 g/mol. The van der Waals surface area contributed by atoms with Gasteiger partial charge in [0.1, 0.15) is 0 Å².